The van der Waals surface area contributed by atoms with Crippen molar-refractivity contribution >= 4 is 5.91 Å². The summed E-state index contributed by atoms with van der Waals surface area (Å²) in [4.78, 5) is 22.8. The molecule has 1 aromatic heterocycles. The third kappa shape index (κ3) is 1.12. The van der Waals surface area contributed by atoms with E-state index in [1.807, 2.05) is 20.2 Å². The van der Waals surface area contributed by atoms with E-state index in [1.54, 1.807) is 0 Å². The molecule has 2 aliphatic heterocycles. The number of aromatic nitrogens is 2. The standard InChI is InChI=1S/C11H14N4O/c1-7-12-3-8-4-13-10(16)11(9(8)14-7)5-15(2)6-11/h3H,4-6H2,1-2H3,(H,13,16). The number of nitrogens with zero attached hydrogens (tertiary/aromatic N) is 3. The van der Waals surface area contributed by atoms with Crippen LogP contribution in [0.3, 0.4) is 0 Å². The summed E-state index contributed by atoms with van der Waals surface area (Å²) in [6.45, 7) is 3.92. The molecule has 16 heavy (non-hydrogen) atoms. The lowest BCUT2D eigenvalue weighted by Gasteiger charge is -2.49. The van der Waals surface area contributed by atoms with Crippen molar-refractivity contribution in [2.75, 3.05) is 20.1 Å². The quantitative estimate of drug-likeness (QED) is 0.643. The minimum Gasteiger partial charge on any atom is -0.351 e. The summed E-state index contributed by atoms with van der Waals surface area (Å²) in [6.07, 6.45) is 1.83. The zero-order valence-electron chi connectivity index (χ0n) is 9.45. The van der Waals surface area contributed by atoms with Crippen LogP contribution in [-0.2, 0) is 16.8 Å². The lowest BCUT2D eigenvalue weighted by molar-refractivity contribution is -0.134. The Kier molecular flexibility index (Phi) is 1.83. The zero-order chi connectivity index (χ0) is 11.3. The molecule has 1 amide bonds. The fraction of sp³-hybridized carbons (Fsp3) is 0.545. The summed E-state index contributed by atoms with van der Waals surface area (Å²) >= 11 is 0. The number of nitrogens with one attached hydrogen (secondary N) is 1. The summed E-state index contributed by atoms with van der Waals surface area (Å²) in [6, 6.07) is 0. The molecule has 0 saturated carbocycles. The average Bonchev–Trinajstić information content (AvgIpc) is 2.21. The van der Waals surface area contributed by atoms with E-state index < -0.39 is 5.41 Å². The first-order valence-electron chi connectivity index (χ1n) is 5.42. The van der Waals surface area contributed by atoms with E-state index in [0.717, 1.165) is 30.2 Å². The Bertz CT molecular complexity index is 465. The summed E-state index contributed by atoms with van der Waals surface area (Å²) < 4.78 is 0. The Morgan fingerprint density at radius 1 is 1.50 bits per heavy atom. The van der Waals surface area contributed by atoms with Crippen LogP contribution < -0.4 is 5.32 Å². The molecule has 5 nitrogen and oxygen atoms in total. The highest BCUT2D eigenvalue weighted by Gasteiger charge is 2.53. The first-order chi connectivity index (χ1) is 7.62. The molecule has 2 aliphatic rings. The molecule has 1 spiro atoms. The number of carbonyl (C=O) groups is 1. The smallest absolute Gasteiger partial charge is 0.235 e. The molecule has 5 heteroatoms. The van der Waals surface area contributed by atoms with Crippen LogP contribution in [0.15, 0.2) is 6.20 Å². The van der Waals surface area contributed by atoms with Gasteiger partial charge in [-0.2, -0.15) is 0 Å². The number of fused-ring (bicyclic) bond motifs is 2. The van der Waals surface area contributed by atoms with Crippen LogP contribution in [0.25, 0.3) is 0 Å². The summed E-state index contributed by atoms with van der Waals surface area (Å²) in [7, 11) is 2.01. The second kappa shape index (κ2) is 3.01. The molecule has 1 aromatic rings. The first-order valence-corrected chi connectivity index (χ1v) is 5.42. The molecule has 0 unspecified atom stereocenters. The molecule has 3 rings (SSSR count). The van der Waals surface area contributed by atoms with Crippen LogP contribution in [0.2, 0.25) is 0 Å². The number of hydrogen-bond acceptors (Lipinski definition) is 4. The normalized spacial score (nSPS) is 22.5. The van der Waals surface area contributed by atoms with Crippen LogP contribution in [0, 0.1) is 6.92 Å². The maximum atomic E-state index is 12.0. The minimum absolute atomic E-state index is 0.108. The second-order valence-electron chi connectivity index (χ2n) is 4.73. The molecule has 0 radical (unpaired) electrons. The van der Waals surface area contributed by atoms with Gasteiger partial charge < -0.3 is 10.2 Å². The Balaban J connectivity index is 2.13. The Labute approximate surface area is 93.9 Å². The average molecular weight is 218 g/mol. The molecule has 0 aromatic carbocycles. The van der Waals surface area contributed by atoms with Gasteiger partial charge in [0.15, 0.2) is 0 Å². The van der Waals surface area contributed by atoms with Gasteiger partial charge in [-0.15, -0.1) is 0 Å². The third-order valence-electron chi connectivity index (χ3n) is 3.39. The number of likely N-dealkylation sites (tertiary alicyclic amines) is 1. The molecule has 3 heterocycles. The minimum atomic E-state index is -0.421. The number of carbonyl (C=O) groups excluding carboxylic acids is 1. The Morgan fingerprint density at radius 2 is 2.25 bits per heavy atom. The van der Waals surface area contributed by atoms with E-state index in [0.29, 0.717) is 6.54 Å². The van der Waals surface area contributed by atoms with Crippen LogP contribution in [0.1, 0.15) is 17.1 Å². The SMILES string of the molecule is Cc1ncc2c(n1)C1(CN(C)C1)C(=O)NC2. The van der Waals surface area contributed by atoms with Crippen LogP contribution in [0.5, 0.6) is 0 Å². The van der Waals surface area contributed by atoms with Crippen LogP contribution in [0.4, 0.5) is 0 Å². The van der Waals surface area contributed by atoms with Crippen molar-refractivity contribution in [2.45, 2.75) is 18.9 Å². The number of hydrogen-bond donors (Lipinski definition) is 1. The van der Waals surface area contributed by atoms with Gasteiger partial charge in [0.25, 0.3) is 0 Å². The molecule has 1 fully saturated rings. The van der Waals surface area contributed by atoms with Crippen LogP contribution in [-0.4, -0.2) is 40.9 Å². The van der Waals surface area contributed by atoms with E-state index >= 15 is 0 Å². The van der Waals surface area contributed by atoms with E-state index in [4.69, 9.17) is 0 Å². The number of amides is 1. The fourth-order valence-electron chi connectivity index (χ4n) is 2.66. The highest BCUT2D eigenvalue weighted by Crippen LogP contribution is 2.36. The fourth-order valence-corrected chi connectivity index (χ4v) is 2.66. The van der Waals surface area contributed by atoms with Crippen molar-refractivity contribution in [2.24, 2.45) is 0 Å². The number of rotatable bonds is 0. The van der Waals surface area contributed by atoms with Crippen molar-refractivity contribution in [3.8, 4) is 0 Å². The highest BCUT2D eigenvalue weighted by atomic mass is 16.2. The van der Waals surface area contributed by atoms with Gasteiger partial charge in [-0.25, -0.2) is 9.97 Å². The van der Waals surface area contributed by atoms with Crippen LogP contribution >= 0.6 is 0 Å². The molecule has 84 valence electrons. The van der Waals surface area contributed by atoms with E-state index in [9.17, 15) is 4.79 Å². The van der Waals surface area contributed by atoms with E-state index in [1.165, 1.54) is 0 Å². The summed E-state index contributed by atoms with van der Waals surface area (Å²) in [5.41, 5.74) is 1.57. The lowest BCUT2D eigenvalue weighted by Crippen LogP contribution is -2.67. The Hall–Kier alpha value is -1.49. The number of likely N-dealkylation sites (N-methyl/N-ethyl adjacent to an activating group) is 1. The predicted octanol–water partition coefficient (Wildman–Crippen LogP) is -0.402. The first kappa shape index (κ1) is 9.72. The van der Waals surface area contributed by atoms with Crippen molar-refractivity contribution in [1.82, 2.24) is 20.2 Å². The topological polar surface area (TPSA) is 58.1 Å². The molecule has 0 aliphatic carbocycles. The van der Waals surface area contributed by atoms with Gasteiger partial charge in [0.1, 0.15) is 11.2 Å². The van der Waals surface area contributed by atoms with Gasteiger partial charge in [0.05, 0.1) is 5.69 Å². The lowest BCUT2D eigenvalue weighted by atomic mass is 9.72. The number of aryl methyl sites for hydroxylation is 1. The maximum Gasteiger partial charge on any atom is 0.235 e. The van der Waals surface area contributed by atoms with Gasteiger partial charge in [-0.3, -0.25) is 4.79 Å². The van der Waals surface area contributed by atoms with Crippen molar-refractivity contribution in [3.05, 3.63) is 23.3 Å². The second-order valence-corrected chi connectivity index (χ2v) is 4.73. The zero-order valence-corrected chi connectivity index (χ0v) is 9.45. The monoisotopic (exact) mass is 218 g/mol. The van der Waals surface area contributed by atoms with E-state index in [-0.39, 0.29) is 5.91 Å². The largest absolute Gasteiger partial charge is 0.351 e. The summed E-state index contributed by atoms with van der Waals surface area (Å²) in [5, 5.41) is 2.93. The van der Waals surface area contributed by atoms with Gasteiger partial charge in [0, 0.05) is 31.4 Å². The predicted molar refractivity (Wildman–Crippen MR) is 57.8 cm³/mol. The third-order valence-corrected chi connectivity index (χ3v) is 3.39. The van der Waals surface area contributed by atoms with Crippen molar-refractivity contribution in [3.63, 3.8) is 0 Å². The molecule has 0 atom stereocenters. The molecule has 1 saturated heterocycles. The maximum absolute atomic E-state index is 12.0. The molecular formula is C11H14N4O. The van der Waals surface area contributed by atoms with Gasteiger partial charge >= 0.3 is 0 Å². The van der Waals surface area contributed by atoms with Gasteiger partial charge in [-0.05, 0) is 14.0 Å². The van der Waals surface area contributed by atoms with Crippen molar-refractivity contribution in [1.29, 1.82) is 0 Å². The Morgan fingerprint density at radius 3 is 2.94 bits per heavy atom. The highest BCUT2D eigenvalue weighted by molar-refractivity contribution is 5.91. The molecule has 1 N–H and O–H groups in total. The van der Waals surface area contributed by atoms with Gasteiger partial charge in [0.2, 0.25) is 5.91 Å². The van der Waals surface area contributed by atoms with Crippen molar-refractivity contribution < 1.29 is 4.79 Å². The molecular weight excluding hydrogens is 204 g/mol. The summed E-state index contributed by atoms with van der Waals surface area (Å²) in [5.74, 6) is 0.846. The molecule has 0 bridgehead atoms. The van der Waals surface area contributed by atoms with E-state index in [2.05, 4.69) is 20.2 Å². The van der Waals surface area contributed by atoms with Gasteiger partial charge in [-0.1, -0.05) is 0 Å².